The predicted octanol–water partition coefficient (Wildman–Crippen LogP) is -0.00730. The van der Waals surface area contributed by atoms with E-state index in [1.54, 1.807) is 17.0 Å². The highest BCUT2D eigenvalue weighted by molar-refractivity contribution is 7.89. The largest absolute Gasteiger partial charge is 0.342 e. The van der Waals surface area contributed by atoms with Crippen molar-refractivity contribution in [2.45, 2.75) is 19.3 Å². The van der Waals surface area contributed by atoms with Crippen molar-refractivity contribution in [2.24, 2.45) is 11.1 Å². The summed E-state index contributed by atoms with van der Waals surface area (Å²) in [5.74, 6) is -0.338. The number of fused-ring (bicyclic) bond motifs is 1. The van der Waals surface area contributed by atoms with Crippen molar-refractivity contribution < 1.29 is 13.2 Å². The van der Waals surface area contributed by atoms with Crippen LogP contribution in [-0.4, -0.2) is 48.0 Å². The molecular weight excluding hydrogens is 344 g/mol. The van der Waals surface area contributed by atoms with E-state index in [1.165, 1.54) is 0 Å². The van der Waals surface area contributed by atoms with Crippen LogP contribution in [0.25, 0.3) is 11.0 Å². The van der Waals surface area contributed by atoms with Crippen LogP contribution in [0.1, 0.15) is 18.5 Å². The maximum Gasteiger partial charge on any atom is 0.270 e. The minimum Gasteiger partial charge on any atom is -0.342 e. The zero-order valence-electron chi connectivity index (χ0n) is 13.6. The predicted molar refractivity (Wildman–Crippen MR) is 93.3 cm³/mol. The van der Waals surface area contributed by atoms with Gasteiger partial charge in [-0.05, 0) is 24.5 Å². The van der Waals surface area contributed by atoms with Gasteiger partial charge in [-0.25, -0.2) is 18.5 Å². The van der Waals surface area contributed by atoms with Crippen molar-refractivity contribution >= 4 is 27.0 Å². The van der Waals surface area contributed by atoms with Crippen molar-refractivity contribution in [1.29, 1.82) is 0 Å². The number of carbonyl (C=O) groups is 1. The molecule has 1 fully saturated rings. The number of para-hydroxylation sites is 2. The van der Waals surface area contributed by atoms with Crippen LogP contribution in [0.15, 0.2) is 29.1 Å². The number of carbonyl (C=O) groups excluding carboxylic acids is 1. The molecule has 1 aromatic carbocycles. The topological polar surface area (TPSA) is 126 Å². The van der Waals surface area contributed by atoms with E-state index in [-0.39, 0.29) is 36.0 Å². The van der Waals surface area contributed by atoms with E-state index in [0.29, 0.717) is 36.2 Å². The Bertz CT molecular complexity index is 954. The molecule has 0 bridgehead atoms. The molecule has 3 N–H and O–H groups in total. The van der Waals surface area contributed by atoms with E-state index in [9.17, 15) is 18.0 Å². The summed E-state index contributed by atoms with van der Waals surface area (Å²) in [5.41, 5.74) is 1.37. The molecule has 0 spiro atoms. The number of H-pyrrole nitrogens is 1. The molecule has 1 amide bonds. The summed E-state index contributed by atoms with van der Waals surface area (Å²) in [4.78, 5) is 33.1. The highest BCUT2D eigenvalue weighted by Gasteiger charge is 2.28. The van der Waals surface area contributed by atoms with Gasteiger partial charge in [-0.3, -0.25) is 9.59 Å². The van der Waals surface area contributed by atoms with E-state index in [4.69, 9.17) is 5.14 Å². The molecule has 1 atom stereocenters. The van der Waals surface area contributed by atoms with Crippen molar-refractivity contribution in [3.05, 3.63) is 40.3 Å². The van der Waals surface area contributed by atoms with Gasteiger partial charge in [0.1, 0.15) is 5.69 Å². The molecule has 25 heavy (non-hydrogen) atoms. The fourth-order valence-electron chi connectivity index (χ4n) is 3.14. The number of primary sulfonamides is 1. The Hall–Kier alpha value is -2.26. The second-order valence-corrected chi connectivity index (χ2v) is 8.01. The van der Waals surface area contributed by atoms with Crippen LogP contribution in [0, 0.1) is 5.92 Å². The normalized spacial score (nSPS) is 18.0. The van der Waals surface area contributed by atoms with Crippen LogP contribution >= 0.6 is 0 Å². The quantitative estimate of drug-likeness (QED) is 0.772. The number of aromatic nitrogens is 2. The van der Waals surface area contributed by atoms with E-state index in [0.717, 1.165) is 0 Å². The van der Waals surface area contributed by atoms with Crippen LogP contribution in [0.2, 0.25) is 0 Å². The molecule has 3 rings (SSSR count). The molecule has 9 heteroatoms. The third-order valence-electron chi connectivity index (χ3n) is 4.35. The van der Waals surface area contributed by atoms with Crippen molar-refractivity contribution in [3.8, 4) is 0 Å². The van der Waals surface area contributed by atoms with Crippen LogP contribution in [0.5, 0.6) is 0 Å². The number of aromatic amines is 1. The maximum atomic E-state index is 12.3. The summed E-state index contributed by atoms with van der Waals surface area (Å²) in [6, 6.07) is 7.22. The molecule has 2 heterocycles. The molecule has 1 saturated heterocycles. The van der Waals surface area contributed by atoms with E-state index in [1.807, 2.05) is 12.1 Å². The zero-order valence-corrected chi connectivity index (χ0v) is 14.5. The fraction of sp³-hybridized carbons (Fsp3) is 0.438. The summed E-state index contributed by atoms with van der Waals surface area (Å²) < 4.78 is 22.3. The lowest BCUT2D eigenvalue weighted by molar-refractivity contribution is -0.130. The summed E-state index contributed by atoms with van der Waals surface area (Å²) in [5, 5.41) is 5.06. The number of rotatable bonds is 5. The first-order valence-corrected chi connectivity index (χ1v) is 9.79. The lowest BCUT2D eigenvalue weighted by Gasteiger charge is -2.16. The minimum atomic E-state index is -3.53. The monoisotopic (exact) mass is 364 g/mol. The second kappa shape index (κ2) is 6.93. The molecule has 1 aliphatic heterocycles. The standard InChI is InChI=1S/C16H20N4O4S/c17-25(23,24)10-11-7-8-20(9-11)15(21)6-5-14-16(22)19-13-4-2-1-3-12(13)18-14/h1-4,11H,5-10H2,(H,19,22)(H2,17,23,24). The zero-order chi connectivity index (χ0) is 18.0. The van der Waals surface area contributed by atoms with Gasteiger partial charge in [-0.15, -0.1) is 0 Å². The molecule has 1 unspecified atom stereocenters. The van der Waals surface area contributed by atoms with Crippen LogP contribution in [-0.2, 0) is 21.2 Å². The lowest BCUT2D eigenvalue weighted by Crippen LogP contribution is -2.31. The number of nitrogens with zero attached hydrogens (tertiary/aromatic N) is 2. The van der Waals surface area contributed by atoms with Crippen LogP contribution < -0.4 is 10.7 Å². The lowest BCUT2D eigenvalue weighted by atomic mass is 10.2. The number of hydrogen-bond acceptors (Lipinski definition) is 5. The number of nitrogens with one attached hydrogen (secondary N) is 1. The maximum absolute atomic E-state index is 12.3. The Morgan fingerprint density at radius 2 is 2.12 bits per heavy atom. The Morgan fingerprint density at radius 3 is 2.88 bits per heavy atom. The third kappa shape index (κ3) is 4.43. The van der Waals surface area contributed by atoms with E-state index in [2.05, 4.69) is 9.97 Å². The summed E-state index contributed by atoms with van der Waals surface area (Å²) in [6.45, 7) is 0.900. The SMILES string of the molecule is NS(=O)(=O)CC1CCN(C(=O)CCc2nc3ccccc3[nH]c2=O)C1. The fourth-order valence-corrected chi connectivity index (χ4v) is 4.07. The number of nitrogens with two attached hydrogens (primary N) is 1. The number of likely N-dealkylation sites (tertiary alicyclic amines) is 1. The first-order chi connectivity index (χ1) is 11.8. The van der Waals surface area contributed by atoms with Gasteiger partial charge in [0.05, 0.1) is 16.8 Å². The summed E-state index contributed by atoms with van der Waals surface area (Å²) in [7, 11) is -3.53. The molecule has 8 nitrogen and oxygen atoms in total. The average molecular weight is 364 g/mol. The summed E-state index contributed by atoms with van der Waals surface area (Å²) >= 11 is 0. The van der Waals surface area contributed by atoms with Gasteiger partial charge in [0.15, 0.2) is 0 Å². The summed E-state index contributed by atoms with van der Waals surface area (Å²) in [6.07, 6.45) is 1.03. The van der Waals surface area contributed by atoms with Gasteiger partial charge in [-0.2, -0.15) is 0 Å². The van der Waals surface area contributed by atoms with Gasteiger partial charge in [0.25, 0.3) is 5.56 Å². The van der Waals surface area contributed by atoms with Gasteiger partial charge in [-0.1, -0.05) is 12.1 Å². The number of aryl methyl sites for hydroxylation is 1. The molecule has 0 aliphatic carbocycles. The van der Waals surface area contributed by atoms with E-state index >= 15 is 0 Å². The Kier molecular flexibility index (Phi) is 4.87. The number of benzene rings is 1. The highest BCUT2D eigenvalue weighted by Crippen LogP contribution is 2.18. The van der Waals surface area contributed by atoms with Crippen molar-refractivity contribution in [1.82, 2.24) is 14.9 Å². The van der Waals surface area contributed by atoms with Crippen LogP contribution in [0.4, 0.5) is 0 Å². The van der Waals surface area contributed by atoms with Crippen LogP contribution in [0.3, 0.4) is 0 Å². The molecule has 2 aromatic rings. The molecular formula is C16H20N4O4S. The smallest absolute Gasteiger partial charge is 0.270 e. The Morgan fingerprint density at radius 1 is 1.36 bits per heavy atom. The molecule has 1 aromatic heterocycles. The highest BCUT2D eigenvalue weighted by atomic mass is 32.2. The molecule has 0 radical (unpaired) electrons. The second-order valence-electron chi connectivity index (χ2n) is 6.35. The van der Waals surface area contributed by atoms with E-state index < -0.39 is 10.0 Å². The van der Waals surface area contributed by atoms with Crippen molar-refractivity contribution in [3.63, 3.8) is 0 Å². The first kappa shape index (κ1) is 17.6. The first-order valence-electron chi connectivity index (χ1n) is 8.08. The van der Waals surface area contributed by atoms with Crippen molar-refractivity contribution in [2.75, 3.05) is 18.8 Å². The number of amides is 1. The van der Waals surface area contributed by atoms with Gasteiger partial charge >= 0.3 is 0 Å². The van der Waals surface area contributed by atoms with Gasteiger partial charge in [0.2, 0.25) is 15.9 Å². The average Bonchev–Trinajstić information content (AvgIpc) is 2.99. The van der Waals surface area contributed by atoms with Gasteiger partial charge in [0, 0.05) is 25.9 Å². The molecule has 134 valence electrons. The number of sulfonamides is 1. The Labute approximate surface area is 145 Å². The Balaban J connectivity index is 1.61. The number of hydrogen-bond donors (Lipinski definition) is 2. The minimum absolute atomic E-state index is 0.105. The molecule has 0 saturated carbocycles. The third-order valence-corrected chi connectivity index (χ3v) is 5.29. The van der Waals surface area contributed by atoms with Gasteiger partial charge < -0.3 is 9.88 Å². The molecule has 1 aliphatic rings.